The smallest absolute Gasteiger partial charge is 0.251 e. The summed E-state index contributed by atoms with van der Waals surface area (Å²) in [6.07, 6.45) is 2.16. The Morgan fingerprint density at radius 1 is 0.938 bits per heavy atom. The number of methoxy groups -OCH3 is 2. The summed E-state index contributed by atoms with van der Waals surface area (Å²) in [7, 11) is 3.20. The minimum Gasteiger partial charge on any atom is -0.493 e. The number of carbonyl (C=O) groups is 1. The predicted molar refractivity (Wildman–Crippen MR) is 120 cm³/mol. The third-order valence-corrected chi connectivity index (χ3v) is 5.05. The Balaban J connectivity index is 1.52. The van der Waals surface area contributed by atoms with Crippen LogP contribution in [0.5, 0.6) is 11.5 Å². The fourth-order valence-electron chi connectivity index (χ4n) is 3.41. The van der Waals surface area contributed by atoms with Crippen LogP contribution in [0.1, 0.15) is 15.9 Å². The summed E-state index contributed by atoms with van der Waals surface area (Å²) in [5.41, 5.74) is 4.19. The zero-order valence-electron chi connectivity index (χ0n) is 17.9. The van der Waals surface area contributed by atoms with Gasteiger partial charge in [-0.15, -0.1) is 5.10 Å². The molecule has 0 saturated heterocycles. The van der Waals surface area contributed by atoms with Crippen molar-refractivity contribution in [1.29, 1.82) is 0 Å². The summed E-state index contributed by atoms with van der Waals surface area (Å²) >= 11 is 0. The van der Waals surface area contributed by atoms with E-state index in [1.165, 1.54) is 11.0 Å². The lowest BCUT2D eigenvalue weighted by Gasteiger charge is -2.12. The zero-order valence-corrected chi connectivity index (χ0v) is 17.9. The van der Waals surface area contributed by atoms with Crippen LogP contribution in [0.3, 0.4) is 0 Å². The van der Waals surface area contributed by atoms with Crippen molar-refractivity contribution in [2.45, 2.75) is 6.42 Å². The SMILES string of the molecule is COc1ccc(CCNC(=O)c2cc(-c3ccccc3)cc(-n3cnnn3)c2)cc1OC. The molecule has 1 N–H and O–H groups in total. The van der Waals surface area contributed by atoms with Crippen LogP contribution in [0.25, 0.3) is 16.8 Å². The Bertz CT molecular complexity index is 1190. The number of nitrogens with one attached hydrogen (secondary N) is 1. The number of rotatable bonds is 8. The molecule has 3 aromatic carbocycles. The second-order valence-corrected chi connectivity index (χ2v) is 7.08. The van der Waals surface area contributed by atoms with Crippen molar-refractivity contribution in [3.63, 3.8) is 0 Å². The molecule has 0 atom stereocenters. The highest BCUT2D eigenvalue weighted by atomic mass is 16.5. The van der Waals surface area contributed by atoms with Crippen molar-refractivity contribution in [1.82, 2.24) is 25.5 Å². The van der Waals surface area contributed by atoms with Crippen molar-refractivity contribution < 1.29 is 14.3 Å². The van der Waals surface area contributed by atoms with Crippen molar-refractivity contribution in [2.75, 3.05) is 20.8 Å². The summed E-state index contributed by atoms with van der Waals surface area (Å²) in [6, 6.07) is 21.2. The molecule has 162 valence electrons. The molecule has 0 aliphatic rings. The Labute approximate surface area is 185 Å². The van der Waals surface area contributed by atoms with Crippen LogP contribution in [-0.2, 0) is 6.42 Å². The number of hydrogen-bond donors (Lipinski definition) is 1. The maximum absolute atomic E-state index is 12.9. The van der Waals surface area contributed by atoms with Gasteiger partial charge in [-0.1, -0.05) is 36.4 Å². The molecular weight excluding hydrogens is 406 g/mol. The molecule has 0 radical (unpaired) electrons. The van der Waals surface area contributed by atoms with Gasteiger partial charge in [-0.05, 0) is 63.9 Å². The average molecular weight is 429 g/mol. The lowest BCUT2D eigenvalue weighted by Crippen LogP contribution is -2.26. The Morgan fingerprint density at radius 3 is 2.47 bits per heavy atom. The Kier molecular flexibility index (Phi) is 6.41. The van der Waals surface area contributed by atoms with Gasteiger partial charge < -0.3 is 14.8 Å². The Morgan fingerprint density at radius 2 is 1.75 bits per heavy atom. The summed E-state index contributed by atoms with van der Waals surface area (Å²) in [4.78, 5) is 12.9. The number of benzene rings is 3. The number of nitrogens with zero attached hydrogens (tertiary/aromatic N) is 4. The molecule has 4 rings (SSSR count). The Hall–Kier alpha value is -4.20. The minimum absolute atomic E-state index is 0.169. The molecule has 0 aliphatic heterocycles. The summed E-state index contributed by atoms with van der Waals surface area (Å²) in [6.45, 7) is 0.476. The molecule has 0 aliphatic carbocycles. The first kappa shape index (κ1) is 21.0. The third-order valence-electron chi connectivity index (χ3n) is 5.05. The number of amides is 1. The van der Waals surface area contributed by atoms with E-state index >= 15 is 0 Å². The molecule has 1 amide bonds. The number of tetrazole rings is 1. The van der Waals surface area contributed by atoms with Gasteiger partial charge in [-0.25, -0.2) is 4.68 Å². The van der Waals surface area contributed by atoms with E-state index in [9.17, 15) is 4.79 Å². The van der Waals surface area contributed by atoms with Crippen molar-refractivity contribution in [3.8, 4) is 28.3 Å². The van der Waals surface area contributed by atoms with Crippen molar-refractivity contribution in [2.24, 2.45) is 0 Å². The normalized spacial score (nSPS) is 10.6. The van der Waals surface area contributed by atoms with E-state index in [2.05, 4.69) is 20.8 Å². The molecule has 4 aromatic rings. The van der Waals surface area contributed by atoms with Gasteiger partial charge in [0.25, 0.3) is 5.91 Å². The number of aromatic nitrogens is 4. The van der Waals surface area contributed by atoms with Crippen LogP contribution >= 0.6 is 0 Å². The fraction of sp³-hybridized carbons (Fsp3) is 0.167. The van der Waals surface area contributed by atoms with Gasteiger partial charge >= 0.3 is 0 Å². The van der Waals surface area contributed by atoms with Crippen LogP contribution in [0.15, 0.2) is 73.1 Å². The molecule has 1 heterocycles. The van der Waals surface area contributed by atoms with Gasteiger partial charge in [0, 0.05) is 12.1 Å². The molecule has 32 heavy (non-hydrogen) atoms. The second kappa shape index (κ2) is 9.74. The highest BCUT2D eigenvalue weighted by Crippen LogP contribution is 2.28. The fourth-order valence-corrected chi connectivity index (χ4v) is 3.41. The molecule has 0 fully saturated rings. The predicted octanol–water partition coefficient (Wildman–Crippen LogP) is 3.32. The van der Waals surface area contributed by atoms with Gasteiger partial charge in [0.2, 0.25) is 0 Å². The van der Waals surface area contributed by atoms with E-state index in [0.717, 1.165) is 16.7 Å². The van der Waals surface area contributed by atoms with Crippen molar-refractivity contribution >= 4 is 5.91 Å². The number of ether oxygens (including phenoxy) is 2. The van der Waals surface area contributed by atoms with Crippen LogP contribution in [0, 0.1) is 0 Å². The quantitative estimate of drug-likeness (QED) is 0.462. The maximum atomic E-state index is 12.9. The molecule has 0 bridgehead atoms. The highest BCUT2D eigenvalue weighted by molar-refractivity contribution is 5.96. The first-order valence-electron chi connectivity index (χ1n) is 10.1. The highest BCUT2D eigenvalue weighted by Gasteiger charge is 2.12. The van der Waals surface area contributed by atoms with Crippen LogP contribution in [0.4, 0.5) is 0 Å². The first-order valence-corrected chi connectivity index (χ1v) is 10.1. The molecule has 8 heteroatoms. The first-order chi connectivity index (χ1) is 15.7. The van der Waals surface area contributed by atoms with E-state index in [-0.39, 0.29) is 5.91 Å². The van der Waals surface area contributed by atoms with Crippen LogP contribution in [0.2, 0.25) is 0 Å². The lowest BCUT2D eigenvalue weighted by molar-refractivity contribution is 0.0954. The molecular formula is C24H23N5O3. The van der Waals surface area contributed by atoms with Gasteiger partial charge in [-0.2, -0.15) is 0 Å². The maximum Gasteiger partial charge on any atom is 0.251 e. The largest absolute Gasteiger partial charge is 0.493 e. The van der Waals surface area contributed by atoms with Crippen LogP contribution in [-0.4, -0.2) is 46.9 Å². The third kappa shape index (κ3) is 4.75. The molecule has 0 unspecified atom stereocenters. The second-order valence-electron chi connectivity index (χ2n) is 7.08. The van der Waals surface area contributed by atoms with E-state index in [0.29, 0.717) is 35.7 Å². The van der Waals surface area contributed by atoms with Gasteiger partial charge in [0.15, 0.2) is 11.5 Å². The lowest BCUT2D eigenvalue weighted by atomic mass is 10.0. The zero-order chi connectivity index (χ0) is 22.3. The molecule has 8 nitrogen and oxygen atoms in total. The van der Waals surface area contributed by atoms with Crippen LogP contribution < -0.4 is 14.8 Å². The molecule has 0 spiro atoms. The van der Waals surface area contributed by atoms with Gasteiger partial charge in [0.05, 0.1) is 19.9 Å². The van der Waals surface area contributed by atoms with Crippen molar-refractivity contribution in [3.05, 3.63) is 84.2 Å². The standard InChI is InChI=1S/C24H23N5O3/c1-31-22-9-8-17(12-23(22)32-2)10-11-25-24(30)20-13-19(18-6-4-3-5-7-18)14-21(15-20)29-16-26-27-28-29/h3-9,12-16H,10-11H2,1-2H3,(H,25,30). The number of carbonyl (C=O) groups excluding carboxylic acids is 1. The summed E-state index contributed by atoms with van der Waals surface area (Å²) in [5.74, 6) is 1.17. The summed E-state index contributed by atoms with van der Waals surface area (Å²) < 4.78 is 12.2. The number of hydrogen-bond acceptors (Lipinski definition) is 6. The molecule has 1 aromatic heterocycles. The van der Waals surface area contributed by atoms with E-state index in [1.807, 2.05) is 60.7 Å². The van der Waals surface area contributed by atoms with Gasteiger partial charge in [-0.3, -0.25) is 4.79 Å². The monoisotopic (exact) mass is 429 g/mol. The van der Waals surface area contributed by atoms with E-state index in [1.54, 1.807) is 20.3 Å². The van der Waals surface area contributed by atoms with E-state index < -0.39 is 0 Å². The molecule has 0 saturated carbocycles. The summed E-state index contributed by atoms with van der Waals surface area (Å²) in [5, 5.41) is 14.3. The van der Waals surface area contributed by atoms with E-state index in [4.69, 9.17) is 9.47 Å². The average Bonchev–Trinajstić information content (AvgIpc) is 3.39. The minimum atomic E-state index is -0.169. The topological polar surface area (TPSA) is 91.2 Å². The van der Waals surface area contributed by atoms with Gasteiger partial charge in [0.1, 0.15) is 6.33 Å².